The molecule has 33 heavy (non-hydrogen) atoms. The van der Waals surface area contributed by atoms with Gasteiger partial charge in [-0.1, -0.05) is 60.5 Å². The molecule has 0 aliphatic carbocycles. The summed E-state index contributed by atoms with van der Waals surface area (Å²) in [5.74, 6) is 1.04. The average molecular weight is 489 g/mol. The first-order valence-corrected chi connectivity index (χ1v) is 13.0. The number of carbonyl (C=O) groups is 1. The molecule has 0 spiro atoms. The number of hydrogen-bond acceptors (Lipinski definition) is 3. The molecule has 4 nitrogen and oxygen atoms in total. The molecule has 1 N–H and O–H groups in total. The number of likely N-dealkylation sites (tertiary alicyclic amines) is 2. The average Bonchev–Trinajstić information content (AvgIpc) is 2.81. The highest BCUT2D eigenvalue weighted by molar-refractivity contribution is 6.35. The van der Waals surface area contributed by atoms with Crippen molar-refractivity contribution in [2.24, 2.45) is 11.8 Å². The Morgan fingerprint density at radius 2 is 1.58 bits per heavy atom. The quantitative estimate of drug-likeness (QED) is 0.539. The van der Waals surface area contributed by atoms with Gasteiger partial charge in [0, 0.05) is 47.7 Å². The third-order valence-corrected chi connectivity index (χ3v) is 7.75. The third-order valence-electron chi connectivity index (χ3n) is 7.04. The summed E-state index contributed by atoms with van der Waals surface area (Å²) < 4.78 is 0. The van der Waals surface area contributed by atoms with E-state index in [1.165, 1.54) is 31.5 Å². The van der Waals surface area contributed by atoms with Crippen molar-refractivity contribution in [3.63, 3.8) is 0 Å². The maximum Gasteiger partial charge on any atom is 0.223 e. The Hall–Kier alpha value is -1.59. The van der Waals surface area contributed by atoms with Crippen LogP contribution < -0.4 is 5.32 Å². The molecule has 1 unspecified atom stereocenters. The topological polar surface area (TPSA) is 35.6 Å². The van der Waals surface area contributed by atoms with E-state index < -0.39 is 0 Å². The molecule has 0 aromatic heterocycles. The fraction of sp³-hybridized carbons (Fsp3) is 0.519. The molecule has 0 radical (unpaired) electrons. The first-order valence-electron chi connectivity index (χ1n) is 12.2. The van der Waals surface area contributed by atoms with Gasteiger partial charge in [-0.3, -0.25) is 14.6 Å². The van der Waals surface area contributed by atoms with Crippen LogP contribution in [0.3, 0.4) is 0 Å². The van der Waals surface area contributed by atoms with Gasteiger partial charge in [0.25, 0.3) is 0 Å². The summed E-state index contributed by atoms with van der Waals surface area (Å²) in [6.45, 7) is 8.84. The molecule has 2 heterocycles. The number of nitrogens with zero attached hydrogens (tertiary/aromatic N) is 2. The predicted molar refractivity (Wildman–Crippen MR) is 136 cm³/mol. The first kappa shape index (κ1) is 24.5. The molecule has 2 aliphatic rings. The largest absolute Gasteiger partial charge is 0.352 e. The number of amides is 1. The second-order valence-electron chi connectivity index (χ2n) is 9.77. The summed E-state index contributed by atoms with van der Waals surface area (Å²) in [7, 11) is 0. The zero-order chi connectivity index (χ0) is 23.2. The van der Waals surface area contributed by atoms with Gasteiger partial charge in [-0.25, -0.2) is 0 Å². The van der Waals surface area contributed by atoms with Crippen LogP contribution in [-0.4, -0.2) is 41.9 Å². The zero-order valence-corrected chi connectivity index (χ0v) is 21.0. The summed E-state index contributed by atoms with van der Waals surface area (Å²) in [4.78, 5) is 17.6. The maximum absolute atomic E-state index is 12.7. The number of carbonyl (C=O) groups excluding carboxylic acids is 1. The Kier molecular flexibility index (Phi) is 8.70. The van der Waals surface area contributed by atoms with Crippen molar-refractivity contribution in [1.29, 1.82) is 0 Å². The van der Waals surface area contributed by atoms with E-state index in [1.54, 1.807) is 0 Å². The van der Waals surface area contributed by atoms with E-state index in [0.717, 1.165) is 56.1 Å². The highest BCUT2D eigenvalue weighted by Crippen LogP contribution is 2.28. The van der Waals surface area contributed by atoms with Crippen LogP contribution in [0.5, 0.6) is 0 Å². The van der Waals surface area contributed by atoms with Crippen LogP contribution in [0.1, 0.15) is 49.3 Å². The third kappa shape index (κ3) is 6.95. The molecule has 1 amide bonds. The van der Waals surface area contributed by atoms with Gasteiger partial charge in [0.1, 0.15) is 0 Å². The minimum absolute atomic E-state index is 0.0725. The lowest BCUT2D eigenvalue weighted by Crippen LogP contribution is -2.40. The van der Waals surface area contributed by atoms with E-state index >= 15 is 0 Å². The summed E-state index contributed by atoms with van der Waals surface area (Å²) in [5.41, 5.74) is 3.48. The normalized spacial score (nSPS) is 20.6. The minimum Gasteiger partial charge on any atom is -0.352 e. The standard InChI is InChI=1S/C27H35Cl2N3O/c1-20-4-3-13-32(17-20)18-22-9-7-21(8-10-22)16-30-27(33)23-11-14-31(15-12-23)19-24-25(28)5-2-6-26(24)29/h2,5-10,20,23H,3-4,11-19H2,1H3,(H,30,33). The van der Waals surface area contributed by atoms with Gasteiger partial charge in [0.05, 0.1) is 0 Å². The number of halogens is 2. The minimum atomic E-state index is 0.0725. The van der Waals surface area contributed by atoms with Gasteiger partial charge in [-0.15, -0.1) is 0 Å². The van der Waals surface area contributed by atoms with E-state index in [9.17, 15) is 4.79 Å². The van der Waals surface area contributed by atoms with Gasteiger partial charge < -0.3 is 5.32 Å². The SMILES string of the molecule is CC1CCCN(Cc2ccc(CNC(=O)C3CCN(Cc4c(Cl)cccc4Cl)CC3)cc2)C1. The Morgan fingerprint density at radius 3 is 2.24 bits per heavy atom. The van der Waals surface area contributed by atoms with E-state index in [4.69, 9.17) is 23.2 Å². The number of nitrogens with one attached hydrogen (secondary N) is 1. The van der Waals surface area contributed by atoms with Crippen LogP contribution in [0.2, 0.25) is 10.0 Å². The van der Waals surface area contributed by atoms with Crippen LogP contribution in [0.15, 0.2) is 42.5 Å². The highest BCUT2D eigenvalue weighted by atomic mass is 35.5. The van der Waals surface area contributed by atoms with Gasteiger partial charge in [-0.2, -0.15) is 0 Å². The van der Waals surface area contributed by atoms with Crippen LogP contribution in [0, 0.1) is 11.8 Å². The summed E-state index contributed by atoms with van der Waals surface area (Å²) in [6.07, 6.45) is 4.38. The van der Waals surface area contributed by atoms with Crippen LogP contribution >= 0.6 is 23.2 Å². The molecule has 6 heteroatoms. The molecule has 0 bridgehead atoms. The fourth-order valence-corrected chi connectivity index (χ4v) is 5.56. The molecular formula is C27H35Cl2N3O. The van der Waals surface area contributed by atoms with Crippen molar-refractivity contribution in [1.82, 2.24) is 15.1 Å². The highest BCUT2D eigenvalue weighted by Gasteiger charge is 2.25. The lowest BCUT2D eigenvalue weighted by atomic mass is 9.95. The van der Waals surface area contributed by atoms with Gasteiger partial charge in [0.15, 0.2) is 0 Å². The Balaban J connectivity index is 1.19. The summed E-state index contributed by atoms with van der Waals surface area (Å²) >= 11 is 12.6. The zero-order valence-electron chi connectivity index (χ0n) is 19.5. The molecule has 1 atom stereocenters. The van der Waals surface area contributed by atoms with E-state index in [2.05, 4.69) is 46.3 Å². The van der Waals surface area contributed by atoms with E-state index in [1.807, 2.05) is 18.2 Å². The molecule has 4 rings (SSSR count). The van der Waals surface area contributed by atoms with Crippen LogP contribution in [0.25, 0.3) is 0 Å². The van der Waals surface area contributed by atoms with Crippen molar-refractivity contribution in [3.05, 3.63) is 69.2 Å². The predicted octanol–water partition coefficient (Wildman–Crippen LogP) is 5.75. The first-order chi connectivity index (χ1) is 16.0. The molecule has 2 aromatic rings. The van der Waals surface area contributed by atoms with E-state index in [-0.39, 0.29) is 11.8 Å². The van der Waals surface area contributed by atoms with Crippen molar-refractivity contribution in [2.75, 3.05) is 26.2 Å². The number of benzene rings is 2. The van der Waals surface area contributed by atoms with Gasteiger partial charge in [-0.05, 0) is 74.5 Å². The van der Waals surface area contributed by atoms with Crippen molar-refractivity contribution in [3.8, 4) is 0 Å². The lowest BCUT2D eigenvalue weighted by Gasteiger charge is -2.31. The molecule has 0 saturated carbocycles. The Bertz CT molecular complexity index is 905. The fourth-order valence-electron chi connectivity index (χ4n) is 5.04. The maximum atomic E-state index is 12.7. The molecule has 2 aromatic carbocycles. The van der Waals surface area contributed by atoms with E-state index in [0.29, 0.717) is 16.6 Å². The Morgan fingerprint density at radius 1 is 0.909 bits per heavy atom. The number of hydrogen-bond donors (Lipinski definition) is 1. The van der Waals surface area contributed by atoms with Gasteiger partial charge in [0.2, 0.25) is 5.91 Å². The van der Waals surface area contributed by atoms with Crippen LogP contribution in [-0.2, 0) is 24.4 Å². The van der Waals surface area contributed by atoms with Crippen molar-refractivity contribution in [2.45, 2.75) is 52.2 Å². The lowest BCUT2D eigenvalue weighted by molar-refractivity contribution is -0.126. The second kappa shape index (κ2) is 11.7. The Labute approximate surface area is 208 Å². The monoisotopic (exact) mass is 487 g/mol. The van der Waals surface area contributed by atoms with Crippen molar-refractivity contribution >= 4 is 29.1 Å². The smallest absolute Gasteiger partial charge is 0.223 e. The number of rotatable bonds is 7. The molecule has 2 saturated heterocycles. The molecular weight excluding hydrogens is 453 g/mol. The molecule has 178 valence electrons. The molecule has 2 aliphatic heterocycles. The summed E-state index contributed by atoms with van der Waals surface area (Å²) in [6, 6.07) is 14.3. The number of piperidine rings is 2. The second-order valence-corrected chi connectivity index (χ2v) is 10.6. The summed E-state index contributed by atoms with van der Waals surface area (Å²) in [5, 5.41) is 4.56. The molecule has 2 fully saturated rings. The van der Waals surface area contributed by atoms with Crippen LogP contribution in [0.4, 0.5) is 0 Å². The van der Waals surface area contributed by atoms with Gasteiger partial charge >= 0.3 is 0 Å². The van der Waals surface area contributed by atoms with Crippen molar-refractivity contribution < 1.29 is 4.79 Å².